The van der Waals surface area contributed by atoms with E-state index in [9.17, 15) is 0 Å². The first-order valence-electron chi connectivity index (χ1n) is 21.8. The fraction of sp³-hybridized carbons (Fsp3) is 0.158. The highest BCUT2D eigenvalue weighted by Crippen LogP contribution is 2.48. The highest BCUT2D eigenvalue weighted by molar-refractivity contribution is 7.25. The molecule has 2 aromatic heterocycles. The quantitative estimate of drug-likeness (QED) is 0.165. The minimum atomic E-state index is 0.268. The maximum atomic E-state index is 4.06. The van der Waals surface area contributed by atoms with Crippen LogP contribution in [0.25, 0.3) is 48.0 Å². The number of allylic oxidation sites excluding steroid dienone is 16. The monoisotopic (exact) mass is 824 g/mol. The van der Waals surface area contributed by atoms with E-state index in [4.69, 9.17) is 0 Å². The molecule has 3 aliphatic carbocycles. The van der Waals surface area contributed by atoms with Gasteiger partial charge in [0.15, 0.2) is 0 Å². The van der Waals surface area contributed by atoms with E-state index in [0.29, 0.717) is 11.8 Å². The van der Waals surface area contributed by atoms with Crippen molar-refractivity contribution in [3.05, 3.63) is 220 Å². The summed E-state index contributed by atoms with van der Waals surface area (Å²) in [6.45, 7) is 6.21. The molecule has 2 nitrogen and oxygen atoms in total. The lowest BCUT2D eigenvalue weighted by atomic mass is 9.86. The second kappa shape index (κ2) is 16.0. The molecule has 3 atom stereocenters. The van der Waals surface area contributed by atoms with Crippen LogP contribution in [0, 0.1) is 5.92 Å². The van der Waals surface area contributed by atoms with Crippen molar-refractivity contribution in [1.29, 1.82) is 0 Å². The molecule has 0 saturated heterocycles. The molecule has 0 fully saturated rings. The third-order valence-corrected chi connectivity index (χ3v) is 15.3. The molecular formula is C57H48N2S2. The summed E-state index contributed by atoms with van der Waals surface area (Å²) in [5, 5.41) is 5.30. The lowest BCUT2D eigenvalue weighted by Crippen LogP contribution is -2.33. The number of hydrogen-bond acceptors (Lipinski definition) is 4. The minimum Gasteiger partial charge on any atom is -0.337 e. The van der Waals surface area contributed by atoms with E-state index in [0.717, 1.165) is 32.1 Å². The molecule has 0 N–H and O–H groups in total. The van der Waals surface area contributed by atoms with Gasteiger partial charge < -0.3 is 9.80 Å². The van der Waals surface area contributed by atoms with Gasteiger partial charge in [0.1, 0.15) is 0 Å². The van der Waals surface area contributed by atoms with Crippen LogP contribution in [-0.4, -0.2) is 6.04 Å². The van der Waals surface area contributed by atoms with Crippen LogP contribution in [0.5, 0.6) is 0 Å². The van der Waals surface area contributed by atoms with E-state index in [-0.39, 0.29) is 6.04 Å². The van der Waals surface area contributed by atoms with E-state index in [1.54, 1.807) is 0 Å². The summed E-state index contributed by atoms with van der Waals surface area (Å²) in [5.74, 6) is 0.675. The fourth-order valence-corrected chi connectivity index (χ4v) is 12.4. The minimum absolute atomic E-state index is 0.268. The summed E-state index contributed by atoms with van der Waals surface area (Å²) in [6, 6.07) is 32.5. The largest absolute Gasteiger partial charge is 0.337 e. The van der Waals surface area contributed by atoms with Crippen molar-refractivity contribution in [3.8, 4) is 0 Å². The van der Waals surface area contributed by atoms with Gasteiger partial charge in [-0.05, 0) is 139 Å². The SMILES string of the molecule is C=C/C=c1/sc2ccccc2/c1=C/C[C@@H]1C=C(c2ccc3sc4ccc(N5C6=C(C=CCC6)C\C=C/C=C\C5=C/C)cc4c3c2)C=C(N2c3ccccc3C3C=CC=C[C@@H]32)C1. The Kier molecular flexibility index (Phi) is 9.91. The molecule has 11 rings (SSSR count). The Morgan fingerprint density at radius 3 is 2.56 bits per heavy atom. The number of para-hydroxylation sites is 1. The lowest BCUT2D eigenvalue weighted by Gasteiger charge is -2.34. The number of hydrogen-bond donors (Lipinski definition) is 0. The number of nitrogens with zero attached hydrogens (tertiary/aromatic N) is 2. The summed E-state index contributed by atoms with van der Waals surface area (Å²) in [6.07, 6.45) is 41.7. The molecule has 4 heteroatoms. The van der Waals surface area contributed by atoms with Gasteiger partial charge in [-0.3, -0.25) is 0 Å². The zero-order chi connectivity index (χ0) is 40.9. The second-order valence-electron chi connectivity index (χ2n) is 16.6. The van der Waals surface area contributed by atoms with E-state index < -0.39 is 0 Å². The van der Waals surface area contributed by atoms with Crippen LogP contribution < -0.4 is 19.6 Å². The van der Waals surface area contributed by atoms with Crippen molar-refractivity contribution in [2.75, 3.05) is 9.80 Å². The van der Waals surface area contributed by atoms with Crippen LogP contribution in [0.4, 0.5) is 11.4 Å². The third-order valence-electron chi connectivity index (χ3n) is 13.0. The highest BCUT2D eigenvalue weighted by atomic mass is 32.1. The van der Waals surface area contributed by atoms with Gasteiger partial charge in [-0.25, -0.2) is 0 Å². The molecule has 0 amide bonds. The van der Waals surface area contributed by atoms with Crippen molar-refractivity contribution in [3.63, 3.8) is 0 Å². The Balaban J connectivity index is 1.04. The Hall–Kier alpha value is -6.20. The van der Waals surface area contributed by atoms with Gasteiger partial charge in [0.2, 0.25) is 0 Å². The molecule has 0 spiro atoms. The van der Waals surface area contributed by atoms with E-state index in [1.165, 1.54) is 90.7 Å². The number of rotatable bonds is 6. The van der Waals surface area contributed by atoms with E-state index in [2.05, 4.69) is 199 Å². The molecule has 6 aromatic rings. The van der Waals surface area contributed by atoms with Gasteiger partial charge in [0.25, 0.3) is 0 Å². The fourth-order valence-electron chi connectivity index (χ4n) is 10.2. The number of anilines is 2. The average molecular weight is 825 g/mol. The van der Waals surface area contributed by atoms with Crippen molar-refractivity contribution < 1.29 is 0 Å². The van der Waals surface area contributed by atoms with Gasteiger partial charge in [-0.15, -0.1) is 22.7 Å². The summed E-state index contributed by atoms with van der Waals surface area (Å²) < 4.78 is 5.26. The van der Waals surface area contributed by atoms with Crippen molar-refractivity contribution in [2.45, 2.75) is 51.0 Å². The Morgan fingerprint density at radius 2 is 1.64 bits per heavy atom. The summed E-state index contributed by atoms with van der Waals surface area (Å²) in [4.78, 5) is 5.17. The van der Waals surface area contributed by atoms with E-state index >= 15 is 0 Å². The Labute approximate surface area is 366 Å². The molecule has 4 aromatic carbocycles. The van der Waals surface area contributed by atoms with Gasteiger partial charge in [-0.2, -0.15) is 0 Å². The summed E-state index contributed by atoms with van der Waals surface area (Å²) in [7, 11) is 0. The predicted octanol–water partition coefficient (Wildman–Crippen LogP) is 14.3. The van der Waals surface area contributed by atoms with Crippen LogP contribution in [0.1, 0.15) is 56.1 Å². The van der Waals surface area contributed by atoms with Crippen LogP contribution in [0.3, 0.4) is 0 Å². The standard InChI is InChI=1S/C57H48N2S2/c1-3-16-54-48(47-22-11-15-26-55(47)60-54)30-27-38-33-41(35-44(34-38)59-52-24-13-9-20-45(52)46-21-10-14-25-53(46)59)40-28-31-56-49(36-40)50-37-43(29-32-57(50)61-56)58-42(4-2)19-7-5-6-17-39-18-8-12-23-51(39)58/h3-11,13-16,18-22,24-26,28-33,35-38,45,52H,1,12,17,23,27,34H2,2H3/b6-5-,19-7-,42-4+,48-30-,54-16+/t38-,45?,52+/m1/s1. The molecule has 0 bridgehead atoms. The second-order valence-corrected chi connectivity index (χ2v) is 18.8. The van der Waals surface area contributed by atoms with Crippen molar-refractivity contribution >= 4 is 82.0 Å². The highest BCUT2D eigenvalue weighted by Gasteiger charge is 2.39. The lowest BCUT2D eigenvalue weighted by molar-refractivity contribution is 0.621. The van der Waals surface area contributed by atoms with Crippen molar-refractivity contribution in [1.82, 2.24) is 0 Å². The normalized spacial score (nSPS) is 23.2. The predicted molar refractivity (Wildman–Crippen MR) is 267 cm³/mol. The molecule has 1 unspecified atom stereocenters. The van der Waals surface area contributed by atoms with Gasteiger partial charge >= 0.3 is 0 Å². The van der Waals surface area contributed by atoms with Crippen LogP contribution >= 0.6 is 22.7 Å². The first kappa shape index (κ1) is 37.8. The maximum absolute atomic E-state index is 4.06. The smallest absolute Gasteiger partial charge is 0.0626 e. The topological polar surface area (TPSA) is 6.48 Å². The number of fused-ring (bicyclic) bond motifs is 7. The van der Waals surface area contributed by atoms with Gasteiger partial charge in [0.05, 0.1) is 6.04 Å². The molecule has 5 aliphatic rings. The average Bonchev–Trinajstić information content (AvgIpc) is 3.98. The molecular weight excluding hydrogens is 777 g/mol. The Bertz CT molecular complexity index is 3180. The van der Waals surface area contributed by atoms with Crippen LogP contribution in [0.15, 0.2) is 199 Å². The molecule has 4 heterocycles. The molecule has 2 aliphatic heterocycles. The van der Waals surface area contributed by atoms with Crippen molar-refractivity contribution in [2.24, 2.45) is 5.92 Å². The summed E-state index contributed by atoms with van der Waals surface area (Å²) in [5.41, 5.74) is 12.0. The number of thiophene rings is 2. The van der Waals surface area contributed by atoms with Crippen LogP contribution in [0.2, 0.25) is 0 Å². The first-order chi connectivity index (χ1) is 30.1. The zero-order valence-corrected chi connectivity index (χ0v) is 36.1. The molecule has 298 valence electrons. The van der Waals surface area contributed by atoms with Gasteiger partial charge in [0, 0.05) is 63.8 Å². The van der Waals surface area contributed by atoms with Crippen LogP contribution in [-0.2, 0) is 0 Å². The first-order valence-corrected chi connectivity index (χ1v) is 23.4. The zero-order valence-electron chi connectivity index (χ0n) is 34.5. The molecule has 61 heavy (non-hydrogen) atoms. The number of benzene rings is 4. The molecule has 0 radical (unpaired) electrons. The Morgan fingerprint density at radius 1 is 0.803 bits per heavy atom. The van der Waals surface area contributed by atoms with E-state index in [1.807, 2.05) is 28.7 Å². The maximum Gasteiger partial charge on any atom is 0.0626 e. The third kappa shape index (κ3) is 6.79. The molecule has 0 saturated carbocycles. The summed E-state index contributed by atoms with van der Waals surface area (Å²) >= 11 is 3.76. The van der Waals surface area contributed by atoms with Gasteiger partial charge in [-0.1, -0.05) is 128 Å².